The molecule has 2 amide bonds. The van der Waals surface area contributed by atoms with Gasteiger partial charge in [-0.3, -0.25) is 9.59 Å². The summed E-state index contributed by atoms with van der Waals surface area (Å²) in [5.74, 6) is -0.571. The normalized spacial score (nSPS) is 10.3. The third kappa shape index (κ3) is 3.24. The van der Waals surface area contributed by atoms with Gasteiger partial charge < -0.3 is 11.1 Å². The van der Waals surface area contributed by atoms with Crippen LogP contribution < -0.4 is 11.1 Å². The van der Waals surface area contributed by atoms with Crippen molar-refractivity contribution < 1.29 is 9.59 Å². The van der Waals surface area contributed by atoms with Gasteiger partial charge in [-0.05, 0) is 37.6 Å². The Bertz CT molecular complexity index is 662. The minimum Gasteiger partial charge on any atom is -0.366 e. The summed E-state index contributed by atoms with van der Waals surface area (Å²) in [5, 5.41) is 2.85. The highest BCUT2D eigenvalue weighted by Crippen LogP contribution is 2.20. The molecule has 2 rings (SSSR count). The molecule has 0 aliphatic heterocycles. The number of rotatable bonds is 4. The SMILES string of the molecule is Cc1cc(C(=O)NCc2cccc(C(N)=O)c2)c(C)s1. The van der Waals surface area contributed by atoms with Gasteiger partial charge in [-0.2, -0.15) is 0 Å². The predicted octanol–water partition coefficient (Wildman–Crippen LogP) is 2.39. The maximum Gasteiger partial charge on any atom is 0.252 e. The molecule has 4 nitrogen and oxygen atoms in total. The Labute approximate surface area is 121 Å². The summed E-state index contributed by atoms with van der Waals surface area (Å²) in [7, 11) is 0. The van der Waals surface area contributed by atoms with Crippen molar-refractivity contribution in [3.8, 4) is 0 Å². The van der Waals surface area contributed by atoms with Crippen molar-refractivity contribution in [3.63, 3.8) is 0 Å². The zero-order chi connectivity index (χ0) is 14.7. The molecule has 0 bridgehead atoms. The van der Waals surface area contributed by atoms with Gasteiger partial charge in [0.25, 0.3) is 5.91 Å². The smallest absolute Gasteiger partial charge is 0.252 e. The van der Waals surface area contributed by atoms with E-state index >= 15 is 0 Å². The minimum atomic E-state index is -0.470. The largest absolute Gasteiger partial charge is 0.366 e. The van der Waals surface area contributed by atoms with Crippen molar-refractivity contribution in [2.24, 2.45) is 5.73 Å². The van der Waals surface area contributed by atoms with Crippen molar-refractivity contribution in [2.45, 2.75) is 20.4 Å². The van der Waals surface area contributed by atoms with E-state index in [1.54, 1.807) is 29.5 Å². The number of carbonyl (C=O) groups is 2. The maximum absolute atomic E-state index is 12.1. The molecule has 0 atom stereocenters. The predicted molar refractivity (Wildman–Crippen MR) is 79.9 cm³/mol. The molecule has 0 radical (unpaired) electrons. The molecule has 3 N–H and O–H groups in total. The van der Waals surface area contributed by atoms with E-state index in [4.69, 9.17) is 5.73 Å². The van der Waals surface area contributed by atoms with Crippen LogP contribution in [-0.4, -0.2) is 11.8 Å². The number of nitrogens with one attached hydrogen (secondary N) is 1. The monoisotopic (exact) mass is 288 g/mol. The summed E-state index contributed by atoms with van der Waals surface area (Å²) in [6, 6.07) is 8.82. The second-order valence-electron chi connectivity index (χ2n) is 4.57. The topological polar surface area (TPSA) is 72.2 Å². The first-order chi connectivity index (χ1) is 9.47. The van der Waals surface area contributed by atoms with Gasteiger partial charge in [-0.1, -0.05) is 12.1 Å². The Morgan fingerprint density at radius 1 is 1.25 bits per heavy atom. The number of nitrogens with two attached hydrogens (primary N) is 1. The Morgan fingerprint density at radius 3 is 2.60 bits per heavy atom. The highest BCUT2D eigenvalue weighted by molar-refractivity contribution is 7.12. The molecule has 5 heteroatoms. The minimum absolute atomic E-state index is 0.101. The van der Waals surface area contributed by atoms with Crippen molar-refractivity contribution in [2.75, 3.05) is 0 Å². The lowest BCUT2D eigenvalue weighted by Crippen LogP contribution is -2.23. The molecule has 0 spiro atoms. The molecule has 0 unspecified atom stereocenters. The molecule has 0 saturated heterocycles. The van der Waals surface area contributed by atoms with Crippen molar-refractivity contribution in [3.05, 3.63) is 56.8 Å². The molecule has 1 aromatic carbocycles. The average Bonchev–Trinajstić information content (AvgIpc) is 2.75. The molecule has 1 aromatic heterocycles. The van der Waals surface area contributed by atoms with Crippen molar-refractivity contribution in [1.82, 2.24) is 5.32 Å². The number of amides is 2. The molecular weight excluding hydrogens is 272 g/mol. The molecule has 0 aliphatic carbocycles. The van der Waals surface area contributed by atoms with Crippen LogP contribution in [0, 0.1) is 13.8 Å². The molecular formula is C15H16N2O2S. The third-order valence-electron chi connectivity index (χ3n) is 2.95. The first kappa shape index (κ1) is 14.3. The van der Waals surface area contributed by atoms with Crippen LogP contribution in [-0.2, 0) is 6.54 Å². The lowest BCUT2D eigenvalue weighted by atomic mass is 10.1. The van der Waals surface area contributed by atoms with E-state index in [0.29, 0.717) is 17.7 Å². The summed E-state index contributed by atoms with van der Waals surface area (Å²) in [6.07, 6.45) is 0. The molecule has 0 aliphatic rings. The quantitative estimate of drug-likeness (QED) is 0.906. The zero-order valence-electron chi connectivity index (χ0n) is 11.4. The number of hydrogen-bond acceptors (Lipinski definition) is 3. The fraction of sp³-hybridized carbons (Fsp3) is 0.200. The second-order valence-corrected chi connectivity index (χ2v) is 6.03. The number of primary amides is 1. The molecule has 0 fully saturated rings. The summed E-state index contributed by atoms with van der Waals surface area (Å²) in [4.78, 5) is 25.3. The van der Waals surface area contributed by atoms with E-state index in [0.717, 1.165) is 15.3 Å². The first-order valence-corrected chi connectivity index (χ1v) is 7.03. The van der Waals surface area contributed by atoms with Crippen molar-refractivity contribution >= 4 is 23.2 Å². The van der Waals surface area contributed by atoms with Gasteiger partial charge in [0.05, 0.1) is 5.56 Å². The van der Waals surface area contributed by atoms with Crippen LogP contribution in [0.2, 0.25) is 0 Å². The fourth-order valence-electron chi connectivity index (χ4n) is 1.97. The van der Waals surface area contributed by atoms with Crippen molar-refractivity contribution in [1.29, 1.82) is 0 Å². The Morgan fingerprint density at radius 2 is 2.00 bits per heavy atom. The first-order valence-electron chi connectivity index (χ1n) is 6.21. The average molecular weight is 288 g/mol. The molecule has 1 heterocycles. The van der Waals surface area contributed by atoms with Crippen LogP contribution >= 0.6 is 11.3 Å². The van der Waals surface area contributed by atoms with Gasteiger partial charge in [-0.15, -0.1) is 11.3 Å². The van der Waals surface area contributed by atoms with Crippen LogP contribution in [0.15, 0.2) is 30.3 Å². The van der Waals surface area contributed by atoms with Crippen LogP contribution in [0.25, 0.3) is 0 Å². The number of thiophene rings is 1. The van der Waals surface area contributed by atoms with Crippen LogP contribution in [0.4, 0.5) is 0 Å². The Hall–Kier alpha value is -2.14. The van der Waals surface area contributed by atoms with E-state index in [2.05, 4.69) is 5.32 Å². The molecule has 2 aromatic rings. The molecule has 0 saturated carbocycles. The molecule has 20 heavy (non-hydrogen) atoms. The Balaban J connectivity index is 2.05. The lowest BCUT2D eigenvalue weighted by molar-refractivity contribution is 0.0950. The van der Waals surface area contributed by atoms with Gasteiger partial charge in [-0.25, -0.2) is 0 Å². The number of carbonyl (C=O) groups excluding carboxylic acids is 2. The van der Waals surface area contributed by atoms with Gasteiger partial charge in [0.1, 0.15) is 0 Å². The van der Waals surface area contributed by atoms with Gasteiger partial charge in [0.15, 0.2) is 0 Å². The standard InChI is InChI=1S/C15H16N2O2S/c1-9-6-13(10(2)20-9)15(19)17-8-11-4-3-5-12(7-11)14(16)18/h3-7H,8H2,1-2H3,(H2,16,18)(H,17,19). The van der Waals surface area contributed by atoms with Gasteiger partial charge in [0, 0.05) is 21.9 Å². The number of benzene rings is 1. The summed E-state index contributed by atoms with van der Waals surface area (Å²) < 4.78 is 0. The van der Waals surface area contributed by atoms with Crippen LogP contribution in [0.5, 0.6) is 0 Å². The maximum atomic E-state index is 12.1. The van der Waals surface area contributed by atoms with E-state index in [9.17, 15) is 9.59 Å². The van der Waals surface area contributed by atoms with E-state index < -0.39 is 5.91 Å². The van der Waals surface area contributed by atoms with E-state index in [1.165, 1.54) is 0 Å². The Kier molecular flexibility index (Phi) is 4.20. The van der Waals surface area contributed by atoms with Crippen LogP contribution in [0.3, 0.4) is 0 Å². The van der Waals surface area contributed by atoms with Gasteiger partial charge in [0.2, 0.25) is 5.91 Å². The number of aryl methyl sites for hydroxylation is 2. The lowest BCUT2D eigenvalue weighted by Gasteiger charge is -2.06. The van der Waals surface area contributed by atoms with Gasteiger partial charge >= 0.3 is 0 Å². The second kappa shape index (κ2) is 5.88. The zero-order valence-corrected chi connectivity index (χ0v) is 12.2. The summed E-state index contributed by atoms with van der Waals surface area (Å²) in [6.45, 7) is 4.28. The van der Waals surface area contributed by atoms with E-state index in [-0.39, 0.29) is 5.91 Å². The summed E-state index contributed by atoms with van der Waals surface area (Å²) in [5.41, 5.74) is 7.22. The third-order valence-corrected chi connectivity index (χ3v) is 3.92. The highest BCUT2D eigenvalue weighted by atomic mass is 32.1. The highest BCUT2D eigenvalue weighted by Gasteiger charge is 2.11. The fourth-order valence-corrected chi connectivity index (χ4v) is 2.89. The van der Waals surface area contributed by atoms with E-state index in [1.807, 2.05) is 26.0 Å². The number of hydrogen-bond donors (Lipinski definition) is 2. The summed E-state index contributed by atoms with van der Waals surface area (Å²) >= 11 is 1.60. The van der Waals surface area contributed by atoms with Crippen LogP contribution in [0.1, 0.15) is 36.0 Å². The molecule has 104 valence electrons.